The van der Waals surface area contributed by atoms with Crippen molar-refractivity contribution in [3.8, 4) is 0 Å². The first-order chi connectivity index (χ1) is 13.5. The summed E-state index contributed by atoms with van der Waals surface area (Å²) < 4.78 is 19.4. The van der Waals surface area contributed by atoms with E-state index in [4.69, 9.17) is 27.9 Å². The van der Waals surface area contributed by atoms with E-state index in [2.05, 4.69) is 15.0 Å². The molecule has 0 unspecified atom stereocenters. The van der Waals surface area contributed by atoms with Crippen molar-refractivity contribution in [2.24, 2.45) is 0 Å². The maximum Gasteiger partial charge on any atom is 0.410 e. The van der Waals surface area contributed by atoms with E-state index in [1.54, 1.807) is 9.80 Å². The number of anilines is 1. The summed E-state index contributed by atoms with van der Waals surface area (Å²) in [4.78, 5) is 27.8. The summed E-state index contributed by atoms with van der Waals surface area (Å²) in [5.41, 5.74) is -0.607. The van der Waals surface area contributed by atoms with Crippen LogP contribution in [0, 0.1) is 5.82 Å². The number of aliphatic hydroxyl groups excluding tert-OH is 1. The molecule has 29 heavy (non-hydrogen) atoms. The topological polar surface area (TPSA) is 91.7 Å². The number of hydrogen-bond donors (Lipinski definition) is 1. The minimum absolute atomic E-state index is 0.0581. The van der Waals surface area contributed by atoms with Gasteiger partial charge >= 0.3 is 6.09 Å². The van der Waals surface area contributed by atoms with Gasteiger partial charge in [-0.25, -0.2) is 19.2 Å². The van der Waals surface area contributed by atoms with Gasteiger partial charge in [-0.2, -0.15) is 4.98 Å². The number of halogens is 3. The highest BCUT2D eigenvalue weighted by Crippen LogP contribution is 2.32. The molecule has 0 bridgehead atoms. The van der Waals surface area contributed by atoms with Crippen molar-refractivity contribution < 1.29 is 19.0 Å². The predicted molar refractivity (Wildman–Crippen MR) is 108 cm³/mol. The van der Waals surface area contributed by atoms with E-state index in [1.165, 1.54) is 13.3 Å². The van der Waals surface area contributed by atoms with Crippen molar-refractivity contribution in [1.29, 1.82) is 0 Å². The third-order valence-corrected chi connectivity index (χ3v) is 5.19. The van der Waals surface area contributed by atoms with Crippen molar-refractivity contribution in [1.82, 2.24) is 19.9 Å². The maximum absolute atomic E-state index is 14.4. The second-order valence-electron chi connectivity index (χ2n) is 7.90. The van der Waals surface area contributed by atoms with Crippen LogP contribution in [0.4, 0.5) is 15.0 Å². The van der Waals surface area contributed by atoms with Gasteiger partial charge in [0.1, 0.15) is 11.3 Å². The molecule has 0 aliphatic carbocycles. The fraction of sp³-hybridized carbons (Fsp3) is 0.556. The van der Waals surface area contributed by atoms with Gasteiger partial charge in [0.2, 0.25) is 5.28 Å². The molecule has 3 heterocycles. The molecule has 0 saturated carbocycles. The number of pyridine rings is 1. The van der Waals surface area contributed by atoms with Crippen LogP contribution in [0.3, 0.4) is 0 Å². The molecule has 1 saturated heterocycles. The van der Waals surface area contributed by atoms with Crippen LogP contribution in [-0.4, -0.2) is 68.9 Å². The van der Waals surface area contributed by atoms with Gasteiger partial charge in [-0.3, -0.25) is 4.90 Å². The Balaban J connectivity index is 2.06. The van der Waals surface area contributed by atoms with Crippen molar-refractivity contribution in [3.05, 3.63) is 22.5 Å². The normalized spacial score (nSPS) is 20.1. The number of methoxy groups -OCH3 is 1. The summed E-state index contributed by atoms with van der Waals surface area (Å²) in [5.74, 6) is -0.486. The smallest absolute Gasteiger partial charge is 0.410 e. The zero-order valence-corrected chi connectivity index (χ0v) is 18.0. The number of β-amino-alcohol motifs (C(OH)–C–C–N with tert-alkyl or cyclic N) is 1. The molecule has 3 rings (SSSR count). The number of amides is 1. The van der Waals surface area contributed by atoms with E-state index in [1.807, 2.05) is 20.8 Å². The summed E-state index contributed by atoms with van der Waals surface area (Å²) in [6.45, 7) is 6.20. The first kappa shape index (κ1) is 21.7. The molecule has 2 aromatic heterocycles. The Morgan fingerprint density at radius 2 is 2.03 bits per heavy atom. The van der Waals surface area contributed by atoms with E-state index in [0.717, 1.165) is 0 Å². The minimum atomic E-state index is -0.797. The molecule has 8 nitrogen and oxygen atoms in total. The zero-order valence-electron chi connectivity index (χ0n) is 16.5. The van der Waals surface area contributed by atoms with Crippen LogP contribution < -0.4 is 4.90 Å². The first-order valence-electron chi connectivity index (χ1n) is 9.00. The third-order valence-electron chi connectivity index (χ3n) is 4.76. The number of aromatic nitrogens is 3. The van der Waals surface area contributed by atoms with Crippen molar-refractivity contribution in [2.45, 2.75) is 44.9 Å². The summed E-state index contributed by atoms with van der Waals surface area (Å²) in [5, 5.41) is 10.3. The Bertz CT molecular complexity index is 940. The molecule has 0 spiro atoms. The van der Waals surface area contributed by atoms with E-state index >= 15 is 0 Å². The molecule has 1 aliphatic heterocycles. The number of hydrogen-bond acceptors (Lipinski definition) is 7. The third kappa shape index (κ3) is 4.31. The SMILES string of the molecule is COC(=O)N([C@@H]1C[C@@H](O)CN(c2nc(Cl)nc3c(F)c(Cl)ncc23)C1)C(C)(C)C. The number of nitrogens with zero attached hydrogens (tertiary/aromatic N) is 5. The number of ether oxygens (including phenoxy) is 1. The number of carbonyl (C=O) groups excluding carboxylic acids is 1. The monoisotopic (exact) mass is 445 g/mol. The van der Waals surface area contributed by atoms with Gasteiger partial charge in [-0.1, -0.05) is 11.6 Å². The number of aliphatic hydroxyl groups is 1. The average Bonchev–Trinajstić information content (AvgIpc) is 2.63. The highest BCUT2D eigenvalue weighted by Gasteiger charge is 2.39. The highest BCUT2D eigenvalue weighted by atomic mass is 35.5. The van der Waals surface area contributed by atoms with Gasteiger partial charge in [-0.15, -0.1) is 0 Å². The molecular formula is C18H22Cl2FN5O3. The maximum atomic E-state index is 14.4. The molecular weight excluding hydrogens is 424 g/mol. The van der Waals surface area contributed by atoms with Crippen molar-refractivity contribution in [3.63, 3.8) is 0 Å². The van der Waals surface area contributed by atoms with Gasteiger partial charge in [0.05, 0.1) is 24.6 Å². The van der Waals surface area contributed by atoms with Crippen LogP contribution in [0.25, 0.3) is 10.9 Å². The van der Waals surface area contributed by atoms with Crippen LogP contribution >= 0.6 is 23.2 Å². The number of carbonyl (C=O) groups is 1. The van der Waals surface area contributed by atoms with Crippen molar-refractivity contribution >= 4 is 46.0 Å². The lowest BCUT2D eigenvalue weighted by Crippen LogP contribution is -2.59. The molecule has 0 radical (unpaired) electrons. The molecule has 1 fully saturated rings. The predicted octanol–water partition coefficient (Wildman–Crippen LogP) is 3.28. The summed E-state index contributed by atoms with van der Waals surface area (Å²) in [7, 11) is 1.31. The second kappa shape index (κ2) is 8.04. The molecule has 0 aromatic carbocycles. The summed E-state index contributed by atoms with van der Waals surface area (Å²) in [6.07, 6.45) is 0.473. The van der Waals surface area contributed by atoms with Crippen LogP contribution in [0.5, 0.6) is 0 Å². The first-order valence-corrected chi connectivity index (χ1v) is 9.76. The standard InChI is InChI=1S/C18H22Cl2FN5O3/c1-18(2,3)26(17(28)29-4)9-5-10(27)8-25(7-9)15-11-6-22-14(19)12(21)13(11)23-16(20)24-15/h6,9-10,27H,5,7-8H2,1-4H3/t9-,10-/m1/s1. The highest BCUT2D eigenvalue weighted by molar-refractivity contribution is 6.30. The van der Waals surface area contributed by atoms with E-state index in [0.29, 0.717) is 24.2 Å². The van der Waals surface area contributed by atoms with Crippen LogP contribution in [0.1, 0.15) is 27.2 Å². The van der Waals surface area contributed by atoms with Gasteiger partial charge in [-0.05, 0) is 38.8 Å². The van der Waals surface area contributed by atoms with Crippen LogP contribution in [0.2, 0.25) is 10.4 Å². The van der Waals surface area contributed by atoms with Gasteiger partial charge < -0.3 is 14.7 Å². The number of rotatable bonds is 2. The van der Waals surface area contributed by atoms with Gasteiger partial charge in [0.25, 0.3) is 0 Å². The van der Waals surface area contributed by atoms with E-state index in [9.17, 15) is 14.3 Å². The minimum Gasteiger partial charge on any atom is -0.453 e. The van der Waals surface area contributed by atoms with Gasteiger partial charge in [0.15, 0.2) is 11.0 Å². The molecule has 1 amide bonds. The average molecular weight is 446 g/mol. The fourth-order valence-electron chi connectivity index (χ4n) is 3.71. The second-order valence-corrected chi connectivity index (χ2v) is 8.60. The molecule has 158 valence electrons. The van der Waals surface area contributed by atoms with E-state index in [-0.39, 0.29) is 28.5 Å². The quantitative estimate of drug-likeness (QED) is 0.559. The Labute approximate surface area is 177 Å². The van der Waals surface area contributed by atoms with Crippen molar-refractivity contribution in [2.75, 3.05) is 25.1 Å². The Kier molecular flexibility index (Phi) is 6.03. The molecule has 2 atom stereocenters. The molecule has 1 N–H and O–H groups in total. The lowest BCUT2D eigenvalue weighted by molar-refractivity contribution is 0.0290. The molecule has 11 heteroatoms. The summed E-state index contributed by atoms with van der Waals surface area (Å²) >= 11 is 11.8. The lowest BCUT2D eigenvalue weighted by atomic mass is 9.96. The Hall–Kier alpha value is -1.97. The fourth-order valence-corrected chi connectivity index (χ4v) is 4.01. The van der Waals surface area contributed by atoms with E-state index < -0.39 is 23.6 Å². The lowest BCUT2D eigenvalue weighted by Gasteiger charge is -2.46. The zero-order chi connectivity index (χ0) is 21.5. The Morgan fingerprint density at radius 1 is 1.34 bits per heavy atom. The molecule has 1 aliphatic rings. The van der Waals surface area contributed by atoms with Crippen LogP contribution in [-0.2, 0) is 4.74 Å². The largest absolute Gasteiger partial charge is 0.453 e. The number of fused-ring (bicyclic) bond motifs is 1. The summed E-state index contributed by atoms with van der Waals surface area (Å²) in [6, 6.07) is -0.375. The van der Waals surface area contributed by atoms with Crippen LogP contribution in [0.15, 0.2) is 6.20 Å². The molecule has 2 aromatic rings. The Morgan fingerprint density at radius 3 is 2.66 bits per heavy atom. The van der Waals surface area contributed by atoms with Gasteiger partial charge in [0, 0.05) is 24.8 Å². The number of piperidine rings is 1.